The van der Waals surface area contributed by atoms with Crippen LogP contribution in [0.4, 0.5) is 33.6 Å². The molecule has 3 aromatic rings. The number of nitrogens with one attached hydrogen (secondary N) is 3. The van der Waals surface area contributed by atoms with Crippen molar-refractivity contribution >= 4 is 64.0 Å². The summed E-state index contributed by atoms with van der Waals surface area (Å²) in [5.74, 6) is 1.00. The fraction of sp³-hybridized carbons (Fsp3) is 0.190. The molecule has 0 atom stereocenters. The number of methoxy groups -OCH3 is 2. The van der Waals surface area contributed by atoms with Gasteiger partial charge in [-0.15, -0.1) is 0 Å². The van der Waals surface area contributed by atoms with Gasteiger partial charge in [0, 0.05) is 26.2 Å². The van der Waals surface area contributed by atoms with Crippen LogP contribution in [-0.4, -0.2) is 53.0 Å². The fourth-order valence-corrected chi connectivity index (χ4v) is 3.46. The lowest BCUT2D eigenvalue weighted by Crippen LogP contribution is -2.32. The first-order valence-electron chi connectivity index (χ1n) is 9.89. The van der Waals surface area contributed by atoms with E-state index in [-0.39, 0.29) is 38.9 Å². The Hall–Kier alpha value is -4.03. The van der Waals surface area contributed by atoms with Crippen LogP contribution in [0.5, 0.6) is 11.5 Å². The van der Waals surface area contributed by atoms with E-state index < -0.39 is 11.9 Å². The lowest BCUT2D eigenvalue weighted by molar-refractivity contribution is -0.111. The van der Waals surface area contributed by atoms with Crippen molar-refractivity contribution in [3.8, 4) is 11.5 Å². The highest BCUT2D eigenvalue weighted by Gasteiger charge is 2.22. The highest BCUT2D eigenvalue weighted by Crippen LogP contribution is 2.44. The largest absolute Gasteiger partial charge is 0.495 e. The quantitative estimate of drug-likeness (QED) is 0.378. The van der Waals surface area contributed by atoms with Crippen molar-refractivity contribution in [1.82, 2.24) is 19.7 Å². The second-order valence-corrected chi connectivity index (χ2v) is 7.67. The Balaban J connectivity index is 1.83. The summed E-state index contributed by atoms with van der Waals surface area (Å²) in [7, 11) is 6.05. The molecule has 0 bridgehead atoms. The molecule has 14 heteroatoms. The maximum Gasteiger partial charge on any atom is 0.327 e. The third-order valence-corrected chi connectivity index (χ3v) is 5.38. The summed E-state index contributed by atoms with van der Waals surface area (Å²) in [6, 6.07) is 2.45. The van der Waals surface area contributed by atoms with Crippen LogP contribution in [0.3, 0.4) is 0 Å². The molecule has 0 aliphatic rings. The summed E-state index contributed by atoms with van der Waals surface area (Å²) < 4.78 is 12.0. The first kappa shape index (κ1) is 25.6. The van der Waals surface area contributed by atoms with E-state index in [9.17, 15) is 9.59 Å². The number of benzene rings is 1. The van der Waals surface area contributed by atoms with Crippen molar-refractivity contribution in [2.75, 3.05) is 42.1 Å². The molecule has 3 N–H and O–H groups in total. The number of carbonyl (C=O) groups is 2. The number of aromatic nitrogens is 4. The van der Waals surface area contributed by atoms with Gasteiger partial charge in [-0.05, 0) is 6.08 Å². The number of hydrogen-bond acceptors (Lipinski definition) is 8. The number of hydrogen-bond donors (Lipinski definition) is 3. The van der Waals surface area contributed by atoms with E-state index in [4.69, 9.17) is 32.7 Å². The van der Waals surface area contributed by atoms with E-state index in [0.29, 0.717) is 11.5 Å². The van der Waals surface area contributed by atoms with Gasteiger partial charge in [0.05, 0.1) is 26.1 Å². The molecular weight excluding hydrogens is 499 g/mol. The van der Waals surface area contributed by atoms with Crippen LogP contribution >= 0.6 is 23.2 Å². The average Bonchev–Trinajstić information content (AvgIpc) is 3.19. The van der Waals surface area contributed by atoms with Gasteiger partial charge < -0.3 is 25.4 Å². The zero-order chi connectivity index (χ0) is 25.7. The van der Waals surface area contributed by atoms with Crippen molar-refractivity contribution in [2.24, 2.45) is 7.05 Å². The van der Waals surface area contributed by atoms with E-state index in [2.05, 4.69) is 37.6 Å². The summed E-state index contributed by atoms with van der Waals surface area (Å²) >= 11 is 12.7. The molecule has 3 amide bonds. The zero-order valence-corrected chi connectivity index (χ0v) is 20.7. The highest BCUT2D eigenvalue weighted by atomic mass is 35.5. The van der Waals surface area contributed by atoms with E-state index >= 15 is 0 Å². The Morgan fingerprint density at radius 1 is 1.11 bits per heavy atom. The Bertz CT molecular complexity index is 1250. The van der Waals surface area contributed by atoms with Gasteiger partial charge in [0.1, 0.15) is 45.2 Å². The predicted molar refractivity (Wildman–Crippen MR) is 134 cm³/mol. The molecule has 2 heterocycles. The van der Waals surface area contributed by atoms with Gasteiger partial charge in [-0.1, -0.05) is 29.8 Å². The maximum atomic E-state index is 13.0. The zero-order valence-electron chi connectivity index (χ0n) is 19.2. The van der Waals surface area contributed by atoms with Gasteiger partial charge in [-0.25, -0.2) is 14.8 Å². The average molecular weight is 521 g/mol. The summed E-state index contributed by atoms with van der Waals surface area (Å²) in [4.78, 5) is 34.2. The molecule has 0 spiro atoms. The molecule has 3 rings (SSSR count). The number of aryl methyl sites for hydroxylation is 1. The minimum absolute atomic E-state index is 0.107. The monoisotopic (exact) mass is 520 g/mol. The molecule has 1 aromatic carbocycles. The van der Waals surface area contributed by atoms with Crippen molar-refractivity contribution in [1.29, 1.82) is 0 Å². The van der Waals surface area contributed by atoms with Gasteiger partial charge in [0.25, 0.3) is 0 Å². The summed E-state index contributed by atoms with van der Waals surface area (Å²) in [5, 5.41) is 12.7. The highest BCUT2D eigenvalue weighted by molar-refractivity contribution is 6.41. The predicted octanol–water partition coefficient (Wildman–Crippen LogP) is 4.07. The lowest BCUT2D eigenvalue weighted by Gasteiger charge is -2.20. The number of carbonyl (C=O) groups excluding carboxylic acids is 2. The van der Waals surface area contributed by atoms with Gasteiger partial charge in [0.15, 0.2) is 5.82 Å². The molecule has 35 heavy (non-hydrogen) atoms. The molecule has 12 nitrogen and oxygen atoms in total. The van der Waals surface area contributed by atoms with Crippen molar-refractivity contribution in [3.63, 3.8) is 0 Å². The molecule has 2 aromatic heterocycles. The standard InChI is InChI=1S/C21H22Cl2N8O4/c1-6-16(32)27-20-11(9-30(2)29-20)26-14-8-15(25-10-24-14)31(3)21(33)28-19-17(22)12(34-4)7-13(35-5)18(19)23/h6-10H,1H2,2-5H3,(H,28,33)(H,24,25,26)(H,27,29,32). The molecule has 0 saturated heterocycles. The Kier molecular flexibility index (Phi) is 7.99. The minimum Gasteiger partial charge on any atom is -0.495 e. The fourth-order valence-electron chi connectivity index (χ4n) is 2.87. The van der Waals surface area contributed by atoms with Gasteiger partial charge >= 0.3 is 6.03 Å². The number of rotatable bonds is 8. The van der Waals surface area contributed by atoms with Crippen molar-refractivity contribution in [3.05, 3.63) is 47.4 Å². The third kappa shape index (κ3) is 5.73. The number of amides is 3. The Morgan fingerprint density at radius 2 is 1.77 bits per heavy atom. The van der Waals surface area contributed by atoms with Crippen LogP contribution < -0.4 is 30.3 Å². The first-order chi connectivity index (χ1) is 16.7. The molecule has 0 unspecified atom stereocenters. The molecule has 184 valence electrons. The minimum atomic E-state index is -0.589. The summed E-state index contributed by atoms with van der Waals surface area (Å²) in [5.41, 5.74) is 0.591. The van der Waals surface area contributed by atoms with E-state index in [1.807, 2.05) is 0 Å². The SMILES string of the molecule is C=CC(=O)Nc1nn(C)cc1Nc1cc(N(C)C(=O)Nc2c(Cl)c(OC)cc(OC)c2Cl)ncn1. The second kappa shape index (κ2) is 10.9. The number of anilines is 5. The molecule has 0 saturated carbocycles. The van der Waals surface area contributed by atoms with Crippen LogP contribution in [0.1, 0.15) is 0 Å². The van der Waals surface area contributed by atoms with Gasteiger partial charge in [-0.2, -0.15) is 5.10 Å². The van der Waals surface area contributed by atoms with E-state index in [1.165, 1.54) is 49.3 Å². The number of urea groups is 1. The maximum absolute atomic E-state index is 13.0. The third-order valence-electron chi connectivity index (χ3n) is 4.63. The van der Waals surface area contributed by atoms with Crippen LogP contribution in [0.25, 0.3) is 0 Å². The molecular formula is C21H22Cl2N8O4. The molecule has 0 aliphatic carbocycles. The molecule has 0 fully saturated rings. The van der Waals surface area contributed by atoms with Gasteiger partial charge in [0.2, 0.25) is 5.91 Å². The van der Waals surface area contributed by atoms with Crippen LogP contribution in [0, 0.1) is 0 Å². The topological polar surface area (TPSA) is 136 Å². The molecule has 0 radical (unpaired) electrons. The lowest BCUT2D eigenvalue weighted by atomic mass is 10.2. The van der Waals surface area contributed by atoms with E-state index in [0.717, 1.165) is 6.08 Å². The van der Waals surface area contributed by atoms with Gasteiger partial charge in [-0.3, -0.25) is 14.4 Å². The van der Waals surface area contributed by atoms with Crippen LogP contribution in [0.15, 0.2) is 37.3 Å². The number of ether oxygens (including phenoxy) is 2. The molecule has 0 aliphatic heterocycles. The van der Waals surface area contributed by atoms with Crippen LogP contribution in [0.2, 0.25) is 10.0 Å². The smallest absolute Gasteiger partial charge is 0.327 e. The Morgan fingerprint density at radius 3 is 2.37 bits per heavy atom. The summed E-state index contributed by atoms with van der Waals surface area (Å²) in [6.07, 6.45) is 4.05. The number of halogens is 2. The Labute approximate surface area is 210 Å². The summed E-state index contributed by atoms with van der Waals surface area (Å²) in [6.45, 7) is 3.42. The van der Waals surface area contributed by atoms with E-state index in [1.54, 1.807) is 13.2 Å². The number of nitrogens with zero attached hydrogens (tertiary/aromatic N) is 5. The first-order valence-corrected chi connectivity index (χ1v) is 10.6. The van der Waals surface area contributed by atoms with Crippen molar-refractivity contribution in [2.45, 2.75) is 0 Å². The normalized spacial score (nSPS) is 10.3. The second-order valence-electron chi connectivity index (χ2n) is 6.92. The van der Waals surface area contributed by atoms with Crippen LogP contribution in [-0.2, 0) is 11.8 Å². The van der Waals surface area contributed by atoms with Crippen molar-refractivity contribution < 1.29 is 19.1 Å².